The molecule has 0 saturated heterocycles. The number of hydrogen-bond acceptors (Lipinski definition) is 2. The van der Waals surface area contributed by atoms with Crippen molar-refractivity contribution in [3.05, 3.63) is 47.9 Å². The van der Waals surface area contributed by atoms with Crippen molar-refractivity contribution in [2.45, 2.75) is 13.8 Å². The van der Waals surface area contributed by atoms with Gasteiger partial charge in [-0.25, -0.2) is 0 Å². The second-order valence-electron chi connectivity index (χ2n) is 3.41. The summed E-state index contributed by atoms with van der Waals surface area (Å²) in [4.78, 5) is 8.54. The van der Waals surface area contributed by atoms with E-state index in [0.29, 0.717) is 0 Å². The lowest BCUT2D eigenvalue weighted by molar-refractivity contribution is 1.17. The van der Waals surface area contributed by atoms with E-state index in [1.54, 1.807) is 6.20 Å². The van der Waals surface area contributed by atoms with E-state index >= 15 is 0 Å². The summed E-state index contributed by atoms with van der Waals surface area (Å²) in [6.07, 6.45) is 3.60. The molecule has 0 aliphatic heterocycles. The first-order chi connectivity index (χ1) is 6.75. The summed E-state index contributed by atoms with van der Waals surface area (Å²) in [5.41, 5.74) is 4.34. The standard InChI is InChI=1S/C12H12N2/c1-9-6-10(2)14-12(7-9)11-4-3-5-13-8-11/h3-8H,1-2H3. The highest BCUT2D eigenvalue weighted by molar-refractivity contribution is 5.58. The van der Waals surface area contributed by atoms with Crippen LogP contribution < -0.4 is 0 Å². The van der Waals surface area contributed by atoms with Gasteiger partial charge in [0.05, 0.1) is 5.69 Å². The van der Waals surface area contributed by atoms with Gasteiger partial charge in [0.1, 0.15) is 0 Å². The quantitative estimate of drug-likeness (QED) is 0.681. The van der Waals surface area contributed by atoms with E-state index in [1.807, 2.05) is 25.3 Å². The lowest BCUT2D eigenvalue weighted by atomic mass is 10.1. The molecule has 2 nitrogen and oxygen atoms in total. The summed E-state index contributed by atoms with van der Waals surface area (Å²) in [6.45, 7) is 4.08. The average molecular weight is 184 g/mol. The summed E-state index contributed by atoms with van der Waals surface area (Å²) < 4.78 is 0. The van der Waals surface area contributed by atoms with Crippen molar-refractivity contribution in [3.63, 3.8) is 0 Å². The lowest BCUT2D eigenvalue weighted by Gasteiger charge is -2.02. The molecule has 2 aromatic rings. The van der Waals surface area contributed by atoms with Crippen molar-refractivity contribution in [3.8, 4) is 11.3 Å². The Hall–Kier alpha value is -1.70. The fraction of sp³-hybridized carbons (Fsp3) is 0.167. The van der Waals surface area contributed by atoms with Gasteiger partial charge in [-0.15, -0.1) is 0 Å². The van der Waals surface area contributed by atoms with E-state index in [2.05, 4.69) is 29.0 Å². The van der Waals surface area contributed by atoms with Crippen LogP contribution in [0.25, 0.3) is 11.3 Å². The monoisotopic (exact) mass is 184 g/mol. The molecule has 2 heteroatoms. The number of rotatable bonds is 1. The van der Waals surface area contributed by atoms with E-state index < -0.39 is 0 Å². The fourth-order valence-electron chi connectivity index (χ4n) is 1.50. The van der Waals surface area contributed by atoms with Crippen molar-refractivity contribution in [2.24, 2.45) is 0 Å². The minimum absolute atomic E-state index is 0.996. The van der Waals surface area contributed by atoms with Crippen molar-refractivity contribution >= 4 is 0 Å². The van der Waals surface area contributed by atoms with Crippen molar-refractivity contribution in [1.29, 1.82) is 0 Å². The molecule has 70 valence electrons. The molecule has 0 radical (unpaired) electrons. The maximum atomic E-state index is 4.46. The van der Waals surface area contributed by atoms with Crippen LogP contribution in [0.4, 0.5) is 0 Å². The molecule has 0 aliphatic rings. The highest BCUT2D eigenvalue weighted by Gasteiger charge is 1.99. The minimum atomic E-state index is 0.996. The number of pyridine rings is 2. The Kier molecular flexibility index (Phi) is 2.27. The smallest absolute Gasteiger partial charge is 0.0723 e. The van der Waals surface area contributed by atoms with Crippen molar-refractivity contribution in [2.75, 3.05) is 0 Å². The Morgan fingerprint density at radius 3 is 2.64 bits per heavy atom. The van der Waals surface area contributed by atoms with Crippen molar-refractivity contribution in [1.82, 2.24) is 9.97 Å². The first-order valence-electron chi connectivity index (χ1n) is 4.61. The van der Waals surface area contributed by atoms with Crippen LogP contribution in [0.3, 0.4) is 0 Å². The molecule has 0 atom stereocenters. The molecular weight excluding hydrogens is 172 g/mol. The number of aryl methyl sites for hydroxylation is 2. The van der Waals surface area contributed by atoms with Crippen LogP contribution in [0.5, 0.6) is 0 Å². The van der Waals surface area contributed by atoms with E-state index in [4.69, 9.17) is 0 Å². The zero-order valence-corrected chi connectivity index (χ0v) is 8.36. The average Bonchev–Trinajstić information content (AvgIpc) is 2.18. The molecule has 14 heavy (non-hydrogen) atoms. The van der Waals surface area contributed by atoms with Gasteiger partial charge in [0, 0.05) is 23.7 Å². The number of nitrogens with zero attached hydrogens (tertiary/aromatic N) is 2. The van der Waals surface area contributed by atoms with E-state index in [-0.39, 0.29) is 0 Å². The molecule has 0 aromatic carbocycles. The minimum Gasteiger partial charge on any atom is -0.264 e. The highest BCUT2D eigenvalue weighted by Crippen LogP contribution is 2.17. The van der Waals surface area contributed by atoms with Crippen molar-refractivity contribution < 1.29 is 0 Å². The van der Waals surface area contributed by atoms with Crippen LogP contribution in [0.2, 0.25) is 0 Å². The summed E-state index contributed by atoms with van der Waals surface area (Å²) in [7, 11) is 0. The highest BCUT2D eigenvalue weighted by atomic mass is 14.7. The maximum absolute atomic E-state index is 4.46. The SMILES string of the molecule is Cc1cc(C)nc(-c2cccnc2)c1. The van der Waals surface area contributed by atoms with Gasteiger partial charge >= 0.3 is 0 Å². The van der Waals surface area contributed by atoms with Gasteiger partial charge in [-0.1, -0.05) is 0 Å². The van der Waals surface area contributed by atoms with Crippen LogP contribution >= 0.6 is 0 Å². The molecule has 0 fully saturated rings. The lowest BCUT2D eigenvalue weighted by Crippen LogP contribution is -1.89. The number of hydrogen-bond donors (Lipinski definition) is 0. The Labute approximate surface area is 83.7 Å². The van der Waals surface area contributed by atoms with Gasteiger partial charge in [-0.3, -0.25) is 9.97 Å². The van der Waals surface area contributed by atoms with Crippen LogP contribution in [0.1, 0.15) is 11.3 Å². The van der Waals surface area contributed by atoms with Gasteiger partial charge in [-0.2, -0.15) is 0 Å². The number of aromatic nitrogens is 2. The molecule has 0 unspecified atom stereocenters. The Balaban J connectivity index is 2.52. The van der Waals surface area contributed by atoms with E-state index in [0.717, 1.165) is 17.0 Å². The van der Waals surface area contributed by atoms with Gasteiger partial charge in [0.25, 0.3) is 0 Å². The van der Waals surface area contributed by atoms with Gasteiger partial charge in [0.15, 0.2) is 0 Å². The molecule has 0 spiro atoms. The van der Waals surface area contributed by atoms with Crippen LogP contribution in [0.15, 0.2) is 36.7 Å². The molecule has 0 N–H and O–H groups in total. The summed E-state index contributed by atoms with van der Waals surface area (Å²) >= 11 is 0. The largest absolute Gasteiger partial charge is 0.264 e. The summed E-state index contributed by atoms with van der Waals surface area (Å²) in [5.74, 6) is 0. The molecule has 0 bridgehead atoms. The molecule has 2 rings (SSSR count). The predicted octanol–water partition coefficient (Wildman–Crippen LogP) is 2.76. The third-order valence-electron chi connectivity index (χ3n) is 2.06. The Bertz CT molecular complexity index is 415. The zero-order chi connectivity index (χ0) is 9.97. The van der Waals surface area contributed by atoms with Crippen LogP contribution in [0, 0.1) is 13.8 Å². The third kappa shape index (κ3) is 1.79. The molecule has 2 aromatic heterocycles. The molecule has 0 amide bonds. The van der Waals surface area contributed by atoms with Gasteiger partial charge in [-0.05, 0) is 43.7 Å². The molecule has 2 heterocycles. The summed E-state index contributed by atoms with van der Waals surface area (Å²) in [5, 5.41) is 0. The first kappa shape index (κ1) is 8.88. The molecule has 0 saturated carbocycles. The molecular formula is C12H12N2. The summed E-state index contributed by atoms with van der Waals surface area (Å²) in [6, 6.07) is 8.09. The second-order valence-corrected chi connectivity index (χ2v) is 3.41. The van der Waals surface area contributed by atoms with Gasteiger partial charge < -0.3 is 0 Å². The Morgan fingerprint density at radius 2 is 2.00 bits per heavy atom. The van der Waals surface area contributed by atoms with E-state index in [9.17, 15) is 0 Å². The fourth-order valence-corrected chi connectivity index (χ4v) is 1.50. The first-order valence-corrected chi connectivity index (χ1v) is 4.61. The second kappa shape index (κ2) is 3.58. The predicted molar refractivity (Wildman–Crippen MR) is 56.9 cm³/mol. The van der Waals surface area contributed by atoms with Gasteiger partial charge in [0.2, 0.25) is 0 Å². The third-order valence-corrected chi connectivity index (χ3v) is 2.06. The zero-order valence-electron chi connectivity index (χ0n) is 8.36. The Morgan fingerprint density at radius 1 is 1.14 bits per heavy atom. The van der Waals surface area contributed by atoms with E-state index in [1.165, 1.54) is 5.56 Å². The topological polar surface area (TPSA) is 25.8 Å². The van der Waals surface area contributed by atoms with Crippen LogP contribution in [-0.2, 0) is 0 Å². The molecule has 0 aliphatic carbocycles. The van der Waals surface area contributed by atoms with Crippen LogP contribution in [-0.4, -0.2) is 9.97 Å². The normalized spacial score (nSPS) is 10.1. The maximum Gasteiger partial charge on any atom is 0.0723 e.